The van der Waals surface area contributed by atoms with E-state index in [-0.39, 0.29) is 29.7 Å². The Labute approximate surface area is 199 Å². The highest BCUT2D eigenvalue weighted by Gasteiger charge is 2.28. The number of benzene rings is 1. The van der Waals surface area contributed by atoms with Crippen molar-refractivity contribution in [3.05, 3.63) is 42.0 Å². The topological polar surface area (TPSA) is 65.0 Å². The molecule has 30 heavy (non-hydrogen) atoms. The number of halogens is 1. The van der Waals surface area contributed by atoms with Crippen LogP contribution >= 0.6 is 24.0 Å². The van der Waals surface area contributed by atoms with Crippen molar-refractivity contribution in [3.8, 4) is 0 Å². The van der Waals surface area contributed by atoms with Gasteiger partial charge in [0.1, 0.15) is 0 Å². The molecular formula is C22H37IN4O2S. The first-order valence-electron chi connectivity index (χ1n) is 10.4. The van der Waals surface area contributed by atoms with Crippen molar-refractivity contribution in [1.82, 2.24) is 15.1 Å². The van der Waals surface area contributed by atoms with Crippen LogP contribution in [0.3, 0.4) is 0 Å². The molecule has 1 aliphatic rings. The average molecular weight is 549 g/mol. The fourth-order valence-electron chi connectivity index (χ4n) is 3.05. The predicted octanol–water partition coefficient (Wildman–Crippen LogP) is 3.11. The monoisotopic (exact) mass is 548 g/mol. The molecular weight excluding hydrogens is 511 g/mol. The smallest absolute Gasteiger partial charge is 0.194 e. The van der Waals surface area contributed by atoms with Crippen molar-refractivity contribution in [3.63, 3.8) is 0 Å². The van der Waals surface area contributed by atoms with Crippen LogP contribution in [0.2, 0.25) is 0 Å². The maximum absolute atomic E-state index is 12.3. The van der Waals surface area contributed by atoms with Crippen molar-refractivity contribution < 1.29 is 8.42 Å². The van der Waals surface area contributed by atoms with E-state index >= 15 is 0 Å². The summed E-state index contributed by atoms with van der Waals surface area (Å²) >= 11 is 0. The van der Waals surface area contributed by atoms with Crippen LogP contribution in [0.5, 0.6) is 0 Å². The normalized spacial score (nSPS) is 16.5. The molecule has 0 radical (unpaired) electrons. The number of rotatable bonds is 7. The van der Waals surface area contributed by atoms with Crippen molar-refractivity contribution in [2.24, 2.45) is 4.99 Å². The number of aliphatic imine (C=N–C) groups is 1. The predicted molar refractivity (Wildman–Crippen MR) is 138 cm³/mol. The number of piperazine rings is 1. The molecule has 0 unspecified atom stereocenters. The Balaban J connectivity index is 0.00000450. The first-order chi connectivity index (χ1) is 13.7. The Morgan fingerprint density at radius 2 is 1.77 bits per heavy atom. The van der Waals surface area contributed by atoms with Gasteiger partial charge in [-0.3, -0.25) is 9.89 Å². The third-order valence-corrected chi connectivity index (χ3v) is 7.62. The van der Waals surface area contributed by atoms with Gasteiger partial charge in [-0.15, -0.1) is 24.0 Å². The molecule has 0 amide bonds. The molecule has 8 heteroatoms. The zero-order chi connectivity index (χ0) is 21.3. The third-order valence-electron chi connectivity index (χ3n) is 5.03. The first kappa shape index (κ1) is 26.9. The van der Waals surface area contributed by atoms with Crippen LogP contribution in [0.1, 0.15) is 33.3 Å². The minimum absolute atomic E-state index is 0. The SMILES string of the molecule is CCNC(=NCCS(=O)(=O)C(C)(C)C)N1CCN(C/C=C/c2ccccc2)CC1.I. The van der Waals surface area contributed by atoms with Crippen LogP contribution in [0, 0.1) is 0 Å². The summed E-state index contributed by atoms with van der Waals surface area (Å²) in [4.78, 5) is 9.23. The highest BCUT2D eigenvalue weighted by Crippen LogP contribution is 2.15. The van der Waals surface area contributed by atoms with Crippen LogP contribution < -0.4 is 5.32 Å². The van der Waals surface area contributed by atoms with E-state index in [1.807, 2.05) is 25.1 Å². The summed E-state index contributed by atoms with van der Waals surface area (Å²) in [5, 5.41) is 3.31. The number of nitrogens with zero attached hydrogens (tertiary/aromatic N) is 3. The van der Waals surface area contributed by atoms with Gasteiger partial charge in [0, 0.05) is 39.3 Å². The lowest BCUT2D eigenvalue weighted by Gasteiger charge is -2.36. The van der Waals surface area contributed by atoms with Gasteiger partial charge in [-0.1, -0.05) is 42.5 Å². The second-order valence-corrected chi connectivity index (χ2v) is 11.1. The molecule has 0 bridgehead atoms. The van der Waals surface area contributed by atoms with E-state index in [2.05, 4.69) is 44.4 Å². The van der Waals surface area contributed by atoms with Crippen molar-refractivity contribution in [2.75, 3.05) is 51.6 Å². The summed E-state index contributed by atoms with van der Waals surface area (Å²) in [5.74, 6) is 0.895. The third kappa shape index (κ3) is 8.55. The minimum Gasteiger partial charge on any atom is -0.357 e. The Morgan fingerprint density at radius 3 is 2.33 bits per heavy atom. The van der Waals surface area contributed by atoms with E-state index in [0.29, 0.717) is 6.54 Å². The van der Waals surface area contributed by atoms with E-state index < -0.39 is 14.6 Å². The van der Waals surface area contributed by atoms with Crippen LogP contribution in [-0.4, -0.2) is 80.5 Å². The zero-order valence-electron chi connectivity index (χ0n) is 18.7. The molecule has 1 aromatic carbocycles. The second kappa shape index (κ2) is 12.7. The Bertz CT molecular complexity index is 781. The summed E-state index contributed by atoms with van der Waals surface area (Å²) in [5.41, 5.74) is 1.22. The molecule has 1 aromatic rings. The zero-order valence-corrected chi connectivity index (χ0v) is 21.8. The Kier molecular flexibility index (Phi) is 11.4. The molecule has 0 aliphatic carbocycles. The van der Waals surface area contributed by atoms with Crippen LogP contribution in [0.25, 0.3) is 6.08 Å². The summed E-state index contributed by atoms with van der Waals surface area (Å²) < 4.78 is 23.9. The Morgan fingerprint density at radius 1 is 1.13 bits per heavy atom. The van der Waals surface area contributed by atoms with Gasteiger partial charge >= 0.3 is 0 Å². The Hall–Kier alpha value is -1.13. The number of guanidine groups is 1. The molecule has 0 saturated carbocycles. The molecule has 170 valence electrons. The van der Waals surface area contributed by atoms with Gasteiger partial charge in [0.15, 0.2) is 15.8 Å². The van der Waals surface area contributed by atoms with Crippen LogP contribution in [0.15, 0.2) is 41.4 Å². The lowest BCUT2D eigenvalue weighted by Crippen LogP contribution is -2.52. The number of hydrogen-bond acceptors (Lipinski definition) is 4. The van der Waals surface area contributed by atoms with Gasteiger partial charge in [0.2, 0.25) is 0 Å². The van der Waals surface area contributed by atoms with Gasteiger partial charge in [0.25, 0.3) is 0 Å². The van der Waals surface area contributed by atoms with Gasteiger partial charge in [-0.2, -0.15) is 0 Å². The molecule has 1 N–H and O–H groups in total. The van der Waals surface area contributed by atoms with Gasteiger partial charge < -0.3 is 10.2 Å². The van der Waals surface area contributed by atoms with E-state index in [1.165, 1.54) is 5.56 Å². The van der Waals surface area contributed by atoms with E-state index in [9.17, 15) is 8.42 Å². The molecule has 0 aromatic heterocycles. The number of hydrogen-bond donors (Lipinski definition) is 1. The van der Waals surface area contributed by atoms with Gasteiger partial charge in [-0.25, -0.2) is 8.42 Å². The second-order valence-electron chi connectivity index (χ2n) is 8.27. The number of nitrogens with one attached hydrogen (secondary N) is 1. The molecule has 1 aliphatic heterocycles. The summed E-state index contributed by atoms with van der Waals surface area (Å²) in [7, 11) is -3.15. The molecule has 1 saturated heterocycles. The van der Waals surface area contributed by atoms with Crippen molar-refractivity contribution >= 4 is 45.8 Å². The van der Waals surface area contributed by atoms with E-state index in [0.717, 1.165) is 45.2 Å². The highest BCUT2D eigenvalue weighted by molar-refractivity contribution is 14.0. The molecule has 0 atom stereocenters. The average Bonchev–Trinajstić information content (AvgIpc) is 2.68. The lowest BCUT2D eigenvalue weighted by molar-refractivity contribution is 0.194. The molecule has 1 heterocycles. The molecule has 1 fully saturated rings. The molecule has 2 rings (SSSR count). The summed E-state index contributed by atoms with van der Waals surface area (Å²) in [6.07, 6.45) is 4.37. The first-order valence-corrected chi connectivity index (χ1v) is 12.1. The van der Waals surface area contributed by atoms with Gasteiger partial charge in [0.05, 0.1) is 17.0 Å². The van der Waals surface area contributed by atoms with E-state index in [4.69, 9.17) is 0 Å². The van der Waals surface area contributed by atoms with Crippen LogP contribution in [-0.2, 0) is 9.84 Å². The summed E-state index contributed by atoms with van der Waals surface area (Å²) in [6.45, 7) is 12.9. The fraction of sp³-hybridized carbons (Fsp3) is 0.591. The number of sulfone groups is 1. The van der Waals surface area contributed by atoms with Crippen LogP contribution in [0.4, 0.5) is 0 Å². The lowest BCUT2D eigenvalue weighted by atomic mass is 10.2. The van der Waals surface area contributed by atoms with Crippen molar-refractivity contribution in [2.45, 2.75) is 32.4 Å². The quantitative estimate of drug-likeness (QED) is 0.323. The van der Waals surface area contributed by atoms with E-state index in [1.54, 1.807) is 20.8 Å². The molecule has 6 nitrogen and oxygen atoms in total. The maximum Gasteiger partial charge on any atom is 0.194 e. The van der Waals surface area contributed by atoms with Gasteiger partial charge in [-0.05, 0) is 33.3 Å². The standard InChI is InChI=1S/C22H36N4O2S.HI/c1-5-23-21(24-13-19-29(27,28)22(2,3)4)26-17-15-25(16-18-26)14-9-12-20-10-7-6-8-11-20;/h6-12H,5,13-19H2,1-4H3,(H,23,24);1H/b12-9+;. The largest absolute Gasteiger partial charge is 0.357 e. The summed E-state index contributed by atoms with van der Waals surface area (Å²) in [6, 6.07) is 10.3. The highest BCUT2D eigenvalue weighted by atomic mass is 127. The maximum atomic E-state index is 12.3. The molecule has 0 spiro atoms. The minimum atomic E-state index is -3.15. The fourth-order valence-corrected chi connectivity index (χ4v) is 3.99. The van der Waals surface area contributed by atoms with Crippen molar-refractivity contribution in [1.29, 1.82) is 0 Å².